The van der Waals surface area contributed by atoms with Gasteiger partial charge in [0, 0.05) is 25.7 Å². The van der Waals surface area contributed by atoms with Crippen LogP contribution in [0.2, 0.25) is 0 Å². The number of ether oxygens (including phenoxy) is 3. The first kappa shape index (κ1) is 22.1. The molecule has 6 nitrogen and oxygen atoms in total. The molecule has 1 atom stereocenters. The van der Waals surface area contributed by atoms with Gasteiger partial charge in [0.15, 0.2) is 0 Å². The number of hydrogen-bond acceptors (Lipinski definition) is 5. The van der Waals surface area contributed by atoms with Crippen LogP contribution >= 0.6 is 0 Å². The average Bonchev–Trinajstić information content (AvgIpc) is 2.42. The maximum atomic E-state index is 11.9. The summed E-state index contributed by atoms with van der Waals surface area (Å²) >= 11 is 0. The molecule has 0 spiro atoms. The monoisotopic (exact) mass is 333 g/mol. The highest BCUT2D eigenvalue weighted by molar-refractivity contribution is 5.67. The Kier molecular flexibility index (Phi) is 10.4. The number of amides is 1. The van der Waals surface area contributed by atoms with E-state index in [1.165, 1.54) is 0 Å². The van der Waals surface area contributed by atoms with Gasteiger partial charge in [-0.25, -0.2) is 4.79 Å². The van der Waals surface area contributed by atoms with Crippen LogP contribution in [0.15, 0.2) is 0 Å². The lowest BCUT2D eigenvalue weighted by atomic mass is 9.78. The van der Waals surface area contributed by atoms with Crippen molar-refractivity contribution in [3.63, 3.8) is 0 Å². The van der Waals surface area contributed by atoms with Gasteiger partial charge in [-0.05, 0) is 39.5 Å². The summed E-state index contributed by atoms with van der Waals surface area (Å²) in [6.45, 7) is 11.6. The lowest BCUT2D eigenvalue weighted by Gasteiger charge is -2.34. The van der Waals surface area contributed by atoms with E-state index in [-0.39, 0.29) is 6.61 Å². The SMILES string of the molecule is COCCOCCC(CO)(CNC(=O)OC(C)(C)C)CC(C)C. The molecule has 138 valence electrons. The number of carbonyl (C=O) groups is 1. The van der Waals surface area contributed by atoms with E-state index in [4.69, 9.17) is 14.2 Å². The van der Waals surface area contributed by atoms with Crippen molar-refractivity contribution in [3.8, 4) is 0 Å². The van der Waals surface area contributed by atoms with E-state index < -0.39 is 17.1 Å². The van der Waals surface area contributed by atoms with Gasteiger partial charge in [-0.1, -0.05) is 13.8 Å². The zero-order valence-corrected chi connectivity index (χ0v) is 15.6. The molecule has 0 radical (unpaired) electrons. The summed E-state index contributed by atoms with van der Waals surface area (Å²) < 4.78 is 15.7. The summed E-state index contributed by atoms with van der Waals surface area (Å²) in [5, 5.41) is 12.7. The molecule has 0 rings (SSSR count). The maximum Gasteiger partial charge on any atom is 0.407 e. The number of alkyl carbamates (subject to hydrolysis) is 1. The van der Waals surface area contributed by atoms with Crippen LogP contribution in [0.3, 0.4) is 0 Å². The van der Waals surface area contributed by atoms with Crippen molar-refractivity contribution >= 4 is 6.09 Å². The molecular weight excluding hydrogens is 298 g/mol. The molecule has 0 aromatic heterocycles. The summed E-state index contributed by atoms with van der Waals surface area (Å²) in [6, 6.07) is 0. The van der Waals surface area contributed by atoms with E-state index in [9.17, 15) is 9.90 Å². The van der Waals surface area contributed by atoms with Crippen molar-refractivity contribution < 1.29 is 24.1 Å². The second-order valence-electron chi connectivity index (χ2n) is 7.47. The van der Waals surface area contributed by atoms with E-state index in [1.807, 2.05) is 20.8 Å². The van der Waals surface area contributed by atoms with Crippen molar-refractivity contribution in [3.05, 3.63) is 0 Å². The van der Waals surface area contributed by atoms with E-state index in [2.05, 4.69) is 19.2 Å². The van der Waals surface area contributed by atoms with E-state index in [1.54, 1.807) is 7.11 Å². The van der Waals surface area contributed by atoms with Crippen LogP contribution in [0.4, 0.5) is 4.79 Å². The summed E-state index contributed by atoms with van der Waals surface area (Å²) in [7, 11) is 1.63. The minimum Gasteiger partial charge on any atom is -0.444 e. The second-order valence-corrected chi connectivity index (χ2v) is 7.47. The Morgan fingerprint density at radius 1 is 1.17 bits per heavy atom. The van der Waals surface area contributed by atoms with Crippen molar-refractivity contribution in [1.82, 2.24) is 5.32 Å². The van der Waals surface area contributed by atoms with Gasteiger partial charge in [0.2, 0.25) is 0 Å². The minimum absolute atomic E-state index is 0.00534. The Morgan fingerprint density at radius 2 is 1.83 bits per heavy atom. The minimum atomic E-state index is -0.534. The Bertz CT molecular complexity index is 327. The predicted octanol–water partition coefficient (Wildman–Crippen LogP) is 2.59. The molecule has 0 fully saturated rings. The Labute approximate surface area is 140 Å². The van der Waals surface area contributed by atoms with Crippen LogP contribution in [-0.2, 0) is 14.2 Å². The zero-order chi connectivity index (χ0) is 17.9. The maximum absolute atomic E-state index is 11.9. The largest absolute Gasteiger partial charge is 0.444 e. The van der Waals surface area contributed by atoms with Crippen LogP contribution < -0.4 is 5.32 Å². The number of hydrogen-bond donors (Lipinski definition) is 2. The van der Waals surface area contributed by atoms with Crippen LogP contribution in [0.5, 0.6) is 0 Å². The average molecular weight is 333 g/mol. The van der Waals surface area contributed by atoms with Gasteiger partial charge < -0.3 is 24.6 Å². The third-order valence-corrected chi connectivity index (χ3v) is 3.39. The lowest BCUT2D eigenvalue weighted by Crippen LogP contribution is -2.43. The van der Waals surface area contributed by atoms with Crippen LogP contribution in [0, 0.1) is 11.3 Å². The van der Waals surface area contributed by atoms with Crippen LogP contribution in [0.1, 0.15) is 47.5 Å². The number of nitrogens with one attached hydrogen (secondary N) is 1. The van der Waals surface area contributed by atoms with Gasteiger partial charge in [0.25, 0.3) is 0 Å². The number of aliphatic hydroxyl groups excluding tert-OH is 1. The Balaban J connectivity index is 4.55. The number of carbonyl (C=O) groups excluding carboxylic acids is 1. The zero-order valence-electron chi connectivity index (χ0n) is 15.6. The molecule has 0 bridgehead atoms. The van der Waals surface area contributed by atoms with Gasteiger partial charge in [-0.2, -0.15) is 0 Å². The number of methoxy groups -OCH3 is 1. The molecule has 0 aromatic rings. The number of aliphatic hydroxyl groups is 1. The van der Waals surface area contributed by atoms with Crippen molar-refractivity contribution in [2.45, 2.75) is 53.1 Å². The van der Waals surface area contributed by atoms with Crippen molar-refractivity contribution in [2.75, 3.05) is 40.1 Å². The molecule has 0 heterocycles. The first-order chi connectivity index (χ1) is 10.6. The summed E-state index contributed by atoms with van der Waals surface area (Å²) in [6.07, 6.45) is 1.01. The molecule has 0 saturated carbocycles. The first-order valence-corrected chi connectivity index (χ1v) is 8.28. The van der Waals surface area contributed by atoms with E-state index in [0.717, 1.165) is 6.42 Å². The van der Waals surface area contributed by atoms with Crippen LogP contribution in [0.25, 0.3) is 0 Å². The van der Waals surface area contributed by atoms with Crippen molar-refractivity contribution in [2.24, 2.45) is 11.3 Å². The fraction of sp³-hybridized carbons (Fsp3) is 0.941. The van der Waals surface area contributed by atoms with Gasteiger partial charge in [0.05, 0.1) is 19.8 Å². The molecule has 0 aromatic carbocycles. The van der Waals surface area contributed by atoms with E-state index in [0.29, 0.717) is 38.7 Å². The van der Waals surface area contributed by atoms with Crippen molar-refractivity contribution in [1.29, 1.82) is 0 Å². The molecule has 6 heteroatoms. The molecule has 23 heavy (non-hydrogen) atoms. The van der Waals surface area contributed by atoms with Crippen LogP contribution in [-0.4, -0.2) is 56.9 Å². The predicted molar refractivity (Wildman–Crippen MR) is 90.5 cm³/mol. The summed E-state index contributed by atoms with van der Waals surface area (Å²) in [4.78, 5) is 11.9. The second kappa shape index (κ2) is 10.8. The van der Waals surface area contributed by atoms with E-state index >= 15 is 0 Å². The standard InChI is InChI=1S/C17H35NO5/c1-14(2)11-17(13-19,7-8-22-10-9-21-6)12-18-15(20)23-16(3,4)5/h14,19H,7-13H2,1-6H3,(H,18,20). The third-order valence-electron chi connectivity index (χ3n) is 3.39. The molecule has 0 saturated heterocycles. The topological polar surface area (TPSA) is 77.0 Å². The molecule has 0 aliphatic rings. The smallest absolute Gasteiger partial charge is 0.407 e. The summed E-state index contributed by atoms with van der Waals surface area (Å²) in [5.41, 5.74) is -0.939. The first-order valence-electron chi connectivity index (χ1n) is 8.28. The Morgan fingerprint density at radius 3 is 2.30 bits per heavy atom. The quantitative estimate of drug-likeness (QED) is 0.568. The molecular formula is C17H35NO5. The lowest BCUT2D eigenvalue weighted by molar-refractivity contribution is 0.0190. The highest BCUT2D eigenvalue weighted by Crippen LogP contribution is 2.29. The molecule has 1 unspecified atom stereocenters. The summed E-state index contributed by atoms with van der Waals surface area (Å²) in [5.74, 6) is 0.404. The normalized spacial score (nSPS) is 14.6. The van der Waals surface area contributed by atoms with Gasteiger partial charge in [0.1, 0.15) is 5.60 Å². The molecule has 1 amide bonds. The molecule has 2 N–H and O–H groups in total. The fourth-order valence-corrected chi connectivity index (χ4v) is 2.43. The Hall–Kier alpha value is -0.850. The third kappa shape index (κ3) is 11.3. The van der Waals surface area contributed by atoms with Gasteiger partial charge in [-0.3, -0.25) is 0 Å². The highest BCUT2D eigenvalue weighted by Gasteiger charge is 2.31. The highest BCUT2D eigenvalue weighted by atomic mass is 16.6. The van der Waals surface area contributed by atoms with Gasteiger partial charge >= 0.3 is 6.09 Å². The van der Waals surface area contributed by atoms with Gasteiger partial charge in [-0.15, -0.1) is 0 Å². The fourth-order valence-electron chi connectivity index (χ4n) is 2.43. The molecule has 0 aliphatic heterocycles. The molecule has 0 aliphatic carbocycles. The number of rotatable bonds is 11.